The molecule has 0 fully saturated rings. The Morgan fingerprint density at radius 2 is 2.31 bits per heavy atom. The van der Waals surface area contributed by atoms with Crippen LogP contribution in [0.2, 0.25) is 0 Å². The molecule has 0 aliphatic carbocycles. The first-order chi connectivity index (χ1) is 7.42. The van der Waals surface area contributed by atoms with Crippen LogP contribution in [-0.2, 0) is 4.79 Å². The highest BCUT2D eigenvalue weighted by atomic mass is 32.2. The number of aliphatic carboxylic acids is 1. The number of carbonyl (C=O) groups is 1. The molecule has 5 nitrogen and oxygen atoms in total. The molecule has 3 N–H and O–H groups in total. The van der Waals surface area contributed by atoms with E-state index in [1.807, 2.05) is 6.92 Å². The largest absolute Gasteiger partial charge is 0.480 e. The zero-order valence-electron chi connectivity index (χ0n) is 9.27. The SMILES string of the molecule is Cc1nnc(SCCCC(C)(N)C(=O)O)s1. The molecule has 1 aromatic rings. The van der Waals surface area contributed by atoms with Gasteiger partial charge in [-0.2, -0.15) is 0 Å². The van der Waals surface area contributed by atoms with E-state index < -0.39 is 11.5 Å². The minimum absolute atomic E-state index is 0.465. The van der Waals surface area contributed by atoms with Gasteiger partial charge >= 0.3 is 5.97 Å². The van der Waals surface area contributed by atoms with Gasteiger partial charge in [0, 0.05) is 5.75 Å². The van der Waals surface area contributed by atoms with Crippen molar-refractivity contribution >= 4 is 29.1 Å². The van der Waals surface area contributed by atoms with E-state index >= 15 is 0 Å². The molecule has 1 atom stereocenters. The molecule has 0 saturated carbocycles. The van der Waals surface area contributed by atoms with Crippen LogP contribution >= 0.6 is 23.1 Å². The zero-order chi connectivity index (χ0) is 12.2. The predicted molar refractivity (Wildman–Crippen MR) is 64.8 cm³/mol. The van der Waals surface area contributed by atoms with Gasteiger partial charge in [0.05, 0.1) is 0 Å². The van der Waals surface area contributed by atoms with Crippen LogP contribution in [0.3, 0.4) is 0 Å². The van der Waals surface area contributed by atoms with Crippen molar-refractivity contribution in [3.8, 4) is 0 Å². The lowest BCUT2D eigenvalue weighted by atomic mass is 9.98. The lowest BCUT2D eigenvalue weighted by molar-refractivity contribution is -0.142. The maximum absolute atomic E-state index is 10.7. The van der Waals surface area contributed by atoms with Crippen molar-refractivity contribution < 1.29 is 9.90 Å². The fourth-order valence-electron chi connectivity index (χ4n) is 1.04. The molecule has 0 bridgehead atoms. The van der Waals surface area contributed by atoms with Gasteiger partial charge in [0.1, 0.15) is 10.5 Å². The smallest absolute Gasteiger partial charge is 0.323 e. The molecule has 1 aromatic heterocycles. The fraction of sp³-hybridized carbons (Fsp3) is 0.667. The number of nitrogens with two attached hydrogens (primary N) is 1. The van der Waals surface area contributed by atoms with Gasteiger partial charge in [0.2, 0.25) is 0 Å². The summed E-state index contributed by atoms with van der Waals surface area (Å²) in [5, 5.41) is 17.6. The summed E-state index contributed by atoms with van der Waals surface area (Å²) >= 11 is 3.14. The molecule has 16 heavy (non-hydrogen) atoms. The first-order valence-electron chi connectivity index (χ1n) is 4.87. The Bertz CT molecular complexity index is 365. The van der Waals surface area contributed by atoms with Gasteiger partial charge in [-0.15, -0.1) is 10.2 Å². The van der Waals surface area contributed by atoms with E-state index in [9.17, 15) is 4.79 Å². The predicted octanol–water partition coefficient (Wildman–Crippen LogP) is 1.52. The summed E-state index contributed by atoms with van der Waals surface area (Å²) in [5.41, 5.74) is 4.48. The number of hydrogen-bond donors (Lipinski definition) is 2. The molecular formula is C9H15N3O2S2. The third kappa shape index (κ3) is 4.07. The van der Waals surface area contributed by atoms with Gasteiger partial charge in [-0.25, -0.2) is 0 Å². The first kappa shape index (κ1) is 13.4. The van der Waals surface area contributed by atoms with Crippen LogP contribution in [0.15, 0.2) is 4.34 Å². The summed E-state index contributed by atoms with van der Waals surface area (Å²) in [6, 6.07) is 0. The molecule has 0 aliphatic heterocycles. The van der Waals surface area contributed by atoms with Crippen molar-refractivity contribution in [2.75, 3.05) is 5.75 Å². The Balaban J connectivity index is 2.24. The standard InChI is InChI=1S/C9H15N3O2S2/c1-6-11-12-8(16-6)15-5-3-4-9(2,10)7(13)14/h3-5,10H2,1-2H3,(H,13,14). The molecule has 0 amide bonds. The quantitative estimate of drug-likeness (QED) is 0.596. The van der Waals surface area contributed by atoms with Gasteiger partial charge < -0.3 is 10.8 Å². The zero-order valence-corrected chi connectivity index (χ0v) is 10.9. The van der Waals surface area contributed by atoms with E-state index in [0.29, 0.717) is 6.42 Å². The Labute approximate surface area is 102 Å². The number of rotatable bonds is 6. The topological polar surface area (TPSA) is 89.1 Å². The van der Waals surface area contributed by atoms with Crippen molar-refractivity contribution in [1.29, 1.82) is 0 Å². The van der Waals surface area contributed by atoms with Gasteiger partial charge in [0.25, 0.3) is 0 Å². The second-order valence-electron chi connectivity index (χ2n) is 3.76. The molecule has 0 spiro atoms. The van der Waals surface area contributed by atoms with Crippen molar-refractivity contribution in [1.82, 2.24) is 10.2 Å². The number of hydrogen-bond acceptors (Lipinski definition) is 6. The highest BCUT2D eigenvalue weighted by Gasteiger charge is 2.26. The van der Waals surface area contributed by atoms with Gasteiger partial charge in [-0.05, 0) is 26.7 Å². The Morgan fingerprint density at radius 1 is 1.62 bits per heavy atom. The van der Waals surface area contributed by atoms with E-state index in [2.05, 4.69) is 10.2 Å². The van der Waals surface area contributed by atoms with Crippen LogP contribution in [0.1, 0.15) is 24.8 Å². The van der Waals surface area contributed by atoms with Crippen molar-refractivity contribution in [2.24, 2.45) is 5.73 Å². The highest BCUT2D eigenvalue weighted by molar-refractivity contribution is 8.01. The summed E-state index contributed by atoms with van der Waals surface area (Å²) in [6.45, 7) is 3.44. The minimum atomic E-state index is -1.13. The van der Waals surface area contributed by atoms with Crippen LogP contribution in [0.5, 0.6) is 0 Å². The molecular weight excluding hydrogens is 246 g/mol. The monoisotopic (exact) mass is 261 g/mol. The van der Waals surface area contributed by atoms with E-state index in [-0.39, 0.29) is 0 Å². The second-order valence-corrected chi connectivity index (χ2v) is 6.29. The van der Waals surface area contributed by atoms with Gasteiger partial charge in [-0.1, -0.05) is 23.1 Å². The van der Waals surface area contributed by atoms with Crippen LogP contribution in [0.4, 0.5) is 0 Å². The summed E-state index contributed by atoms with van der Waals surface area (Å²) in [7, 11) is 0. The normalized spacial score (nSPS) is 14.7. The van der Waals surface area contributed by atoms with Gasteiger partial charge in [0.15, 0.2) is 4.34 Å². The van der Waals surface area contributed by atoms with Crippen molar-refractivity contribution in [3.05, 3.63) is 5.01 Å². The summed E-state index contributed by atoms with van der Waals surface area (Å²) in [4.78, 5) is 10.7. The van der Waals surface area contributed by atoms with Crippen LogP contribution in [0, 0.1) is 6.92 Å². The van der Waals surface area contributed by atoms with E-state index in [4.69, 9.17) is 10.8 Å². The fourth-order valence-corrected chi connectivity index (χ4v) is 2.87. The van der Waals surface area contributed by atoms with Gasteiger partial charge in [-0.3, -0.25) is 4.79 Å². The molecule has 1 heterocycles. The number of thioether (sulfide) groups is 1. The van der Waals surface area contributed by atoms with Crippen LogP contribution in [0.25, 0.3) is 0 Å². The summed E-state index contributed by atoms with van der Waals surface area (Å²) in [5.74, 6) is -0.140. The number of aryl methyl sites for hydroxylation is 1. The van der Waals surface area contributed by atoms with E-state index in [1.54, 1.807) is 23.1 Å². The molecule has 0 saturated heterocycles. The molecule has 90 valence electrons. The number of nitrogens with zero attached hydrogens (tertiary/aromatic N) is 2. The number of carboxylic acids is 1. The maximum Gasteiger partial charge on any atom is 0.323 e. The lowest BCUT2D eigenvalue weighted by Gasteiger charge is -2.18. The molecule has 0 radical (unpaired) electrons. The van der Waals surface area contributed by atoms with E-state index in [0.717, 1.165) is 21.5 Å². The minimum Gasteiger partial charge on any atom is -0.480 e. The number of carboxylic acid groups (broad SMARTS) is 1. The Morgan fingerprint density at radius 3 is 2.81 bits per heavy atom. The molecule has 1 unspecified atom stereocenters. The lowest BCUT2D eigenvalue weighted by Crippen LogP contribution is -2.44. The first-order valence-corrected chi connectivity index (χ1v) is 6.67. The average Bonchev–Trinajstić information content (AvgIpc) is 2.59. The Kier molecular flexibility index (Phi) is 4.69. The maximum atomic E-state index is 10.7. The molecule has 0 aliphatic rings. The highest BCUT2D eigenvalue weighted by Crippen LogP contribution is 2.23. The molecule has 7 heteroatoms. The van der Waals surface area contributed by atoms with E-state index in [1.165, 1.54) is 6.92 Å². The average molecular weight is 261 g/mol. The molecule has 0 aromatic carbocycles. The van der Waals surface area contributed by atoms with Crippen LogP contribution in [-0.4, -0.2) is 32.6 Å². The van der Waals surface area contributed by atoms with Crippen molar-refractivity contribution in [3.63, 3.8) is 0 Å². The third-order valence-electron chi connectivity index (χ3n) is 2.06. The van der Waals surface area contributed by atoms with Crippen LogP contribution < -0.4 is 5.73 Å². The summed E-state index contributed by atoms with van der Waals surface area (Å²) in [6.07, 6.45) is 1.22. The Hall–Kier alpha value is -0.660. The number of aromatic nitrogens is 2. The second kappa shape index (κ2) is 5.60. The third-order valence-corrected chi connectivity index (χ3v) is 4.12. The van der Waals surface area contributed by atoms with Crippen molar-refractivity contribution in [2.45, 2.75) is 36.6 Å². The summed E-state index contributed by atoms with van der Waals surface area (Å²) < 4.78 is 0.923. The molecule has 1 rings (SSSR count).